The van der Waals surface area contributed by atoms with Crippen LogP contribution >= 0.6 is 0 Å². The number of hydrogen-bond acceptors (Lipinski definition) is 5. The minimum Gasteiger partial charge on any atom is -0.489 e. The molecule has 3 aromatic rings. The second kappa shape index (κ2) is 9.92. The normalized spacial score (nSPS) is 14.6. The number of likely N-dealkylation sites (N-methyl/N-ethyl adjacent to an activating group) is 1. The van der Waals surface area contributed by atoms with Crippen LogP contribution < -0.4 is 19.7 Å². The lowest BCUT2D eigenvalue weighted by Gasteiger charge is -2.20. The van der Waals surface area contributed by atoms with Crippen LogP contribution in [0.4, 0.5) is 5.69 Å². The van der Waals surface area contributed by atoms with E-state index < -0.39 is 11.9 Å². The van der Waals surface area contributed by atoms with Crippen molar-refractivity contribution in [1.29, 1.82) is 0 Å². The molecule has 0 aliphatic carbocycles. The number of anilines is 1. The van der Waals surface area contributed by atoms with E-state index in [4.69, 9.17) is 9.47 Å². The molecule has 0 unspecified atom stereocenters. The predicted octanol–water partition coefficient (Wildman–Crippen LogP) is 3.96. The highest BCUT2D eigenvalue weighted by Crippen LogP contribution is 2.31. The van der Waals surface area contributed by atoms with Gasteiger partial charge in [0.25, 0.3) is 11.8 Å². The predicted molar refractivity (Wildman–Crippen MR) is 129 cm³/mol. The first-order valence-corrected chi connectivity index (χ1v) is 10.6. The van der Waals surface area contributed by atoms with Gasteiger partial charge < -0.3 is 19.7 Å². The third-order valence-electron chi connectivity index (χ3n) is 5.02. The van der Waals surface area contributed by atoms with Gasteiger partial charge in [0, 0.05) is 24.9 Å². The average molecular weight is 453 g/mol. The summed E-state index contributed by atoms with van der Waals surface area (Å²) >= 11 is 0. The fourth-order valence-electron chi connectivity index (χ4n) is 3.31. The van der Waals surface area contributed by atoms with Gasteiger partial charge in [-0.2, -0.15) is 0 Å². The third kappa shape index (κ3) is 5.25. The number of pyridine rings is 1. The Morgan fingerprint density at radius 3 is 2.74 bits per heavy atom. The van der Waals surface area contributed by atoms with Crippen molar-refractivity contribution in [3.63, 3.8) is 0 Å². The molecule has 0 saturated heterocycles. The van der Waals surface area contributed by atoms with Gasteiger partial charge in [0.1, 0.15) is 35.6 Å². The highest BCUT2D eigenvalue weighted by atomic mass is 16.5. The number of para-hydroxylation sites is 1. The standard InChI is InChI=1S/C27H23N3O4/c1-18(2)9-10-19-11-12-25-24(15-19)30(3)27(32)23(17-33-25)29-26(31)22-16-21(13-14-28-22)34-20-7-5-4-6-8-20/h4-8,11-16,23H,1,17H2,2-3H3,(H,29,31)/t23-/m1/s1. The SMILES string of the molecule is C=C(C)C#Cc1ccc2c(c1)N(C)C(=O)[C@H](NC(=O)c1cc(Oc3ccccc3)ccn1)CO2. The first-order valence-electron chi connectivity index (χ1n) is 10.6. The van der Waals surface area contributed by atoms with Crippen molar-refractivity contribution < 1.29 is 19.1 Å². The summed E-state index contributed by atoms with van der Waals surface area (Å²) in [6.07, 6.45) is 1.48. The van der Waals surface area contributed by atoms with E-state index in [1.165, 1.54) is 17.2 Å². The zero-order chi connectivity index (χ0) is 24.1. The lowest BCUT2D eigenvalue weighted by molar-refractivity contribution is -0.120. The van der Waals surface area contributed by atoms with Gasteiger partial charge in [0.15, 0.2) is 0 Å². The number of carbonyl (C=O) groups excluding carboxylic acids is 2. The smallest absolute Gasteiger partial charge is 0.270 e. The largest absolute Gasteiger partial charge is 0.489 e. The van der Waals surface area contributed by atoms with E-state index in [1.807, 2.05) is 43.3 Å². The number of aromatic nitrogens is 1. The van der Waals surface area contributed by atoms with Crippen LogP contribution in [0.15, 0.2) is 79.0 Å². The average Bonchev–Trinajstić information content (AvgIpc) is 2.95. The van der Waals surface area contributed by atoms with Gasteiger partial charge in [-0.3, -0.25) is 14.6 Å². The van der Waals surface area contributed by atoms with Crippen molar-refractivity contribution in [2.24, 2.45) is 0 Å². The molecule has 1 atom stereocenters. The van der Waals surface area contributed by atoms with Gasteiger partial charge in [-0.05, 0) is 48.9 Å². The summed E-state index contributed by atoms with van der Waals surface area (Å²) in [5.41, 5.74) is 2.17. The molecule has 2 heterocycles. The molecule has 1 aliphatic heterocycles. The molecule has 4 rings (SSSR count). The lowest BCUT2D eigenvalue weighted by atomic mass is 10.1. The number of allylic oxidation sites excluding steroid dienone is 1. The Labute approximate surface area is 198 Å². The maximum atomic E-state index is 13.1. The van der Waals surface area contributed by atoms with Crippen LogP contribution in [0.25, 0.3) is 0 Å². The molecule has 2 amide bonds. The number of nitrogens with one attached hydrogen (secondary N) is 1. The Morgan fingerprint density at radius 2 is 1.97 bits per heavy atom. The molecular weight excluding hydrogens is 430 g/mol. The summed E-state index contributed by atoms with van der Waals surface area (Å²) in [6.45, 7) is 5.58. The first-order chi connectivity index (χ1) is 16.4. The van der Waals surface area contributed by atoms with Crippen molar-refractivity contribution in [1.82, 2.24) is 10.3 Å². The van der Waals surface area contributed by atoms with E-state index in [0.29, 0.717) is 22.9 Å². The number of nitrogens with zero attached hydrogens (tertiary/aromatic N) is 2. The summed E-state index contributed by atoms with van der Waals surface area (Å²) in [7, 11) is 1.64. The maximum Gasteiger partial charge on any atom is 0.270 e. The molecule has 0 bridgehead atoms. The molecule has 0 fully saturated rings. The van der Waals surface area contributed by atoms with Crippen LogP contribution in [0.5, 0.6) is 17.2 Å². The van der Waals surface area contributed by atoms with Crippen molar-refractivity contribution >= 4 is 17.5 Å². The summed E-state index contributed by atoms with van der Waals surface area (Å²) in [5.74, 6) is 6.74. The number of rotatable bonds is 4. The van der Waals surface area contributed by atoms with E-state index >= 15 is 0 Å². The number of benzene rings is 2. The molecule has 0 spiro atoms. The Hall–Kier alpha value is -4.57. The van der Waals surface area contributed by atoms with Gasteiger partial charge >= 0.3 is 0 Å². The van der Waals surface area contributed by atoms with Crippen LogP contribution in [0, 0.1) is 11.8 Å². The lowest BCUT2D eigenvalue weighted by Crippen LogP contribution is -2.49. The van der Waals surface area contributed by atoms with Gasteiger partial charge in [-0.25, -0.2) is 0 Å². The monoisotopic (exact) mass is 453 g/mol. The van der Waals surface area contributed by atoms with Crippen LogP contribution in [0.2, 0.25) is 0 Å². The summed E-state index contributed by atoms with van der Waals surface area (Å²) in [5, 5.41) is 2.72. The second-order valence-corrected chi connectivity index (χ2v) is 7.74. The fourth-order valence-corrected chi connectivity index (χ4v) is 3.31. The van der Waals surface area contributed by atoms with Gasteiger partial charge in [0.2, 0.25) is 0 Å². The minimum atomic E-state index is -0.893. The third-order valence-corrected chi connectivity index (χ3v) is 5.02. The van der Waals surface area contributed by atoms with Crippen LogP contribution in [0.1, 0.15) is 23.0 Å². The Kier molecular flexibility index (Phi) is 6.60. The molecule has 34 heavy (non-hydrogen) atoms. The molecule has 2 aromatic carbocycles. The molecule has 170 valence electrons. The van der Waals surface area contributed by atoms with E-state index in [-0.39, 0.29) is 18.2 Å². The fraction of sp³-hybridized carbons (Fsp3) is 0.148. The molecule has 7 nitrogen and oxygen atoms in total. The molecule has 0 radical (unpaired) electrons. The first kappa shape index (κ1) is 22.6. The molecular formula is C27H23N3O4. The Bertz CT molecular complexity index is 1310. The van der Waals surface area contributed by atoms with Crippen molar-refractivity contribution in [2.45, 2.75) is 13.0 Å². The number of carbonyl (C=O) groups is 2. The maximum absolute atomic E-state index is 13.1. The highest BCUT2D eigenvalue weighted by Gasteiger charge is 2.31. The van der Waals surface area contributed by atoms with Crippen LogP contribution in [0.3, 0.4) is 0 Å². The molecule has 1 N–H and O–H groups in total. The van der Waals surface area contributed by atoms with Crippen molar-refractivity contribution in [3.8, 4) is 29.1 Å². The Balaban J connectivity index is 1.49. The summed E-state index contributed by atoms with van der Waals surface area (Å²) in [6, 6.07) is 16.8. The van der Waals surface area contributed by atoms with Crippen molar-refractivity contribution in [2.75, 3.05) is 18.6 Å². The number of hydrogen-bond donors (Lipinski definition) is 1. The van der Waals surface area contributed by atoms with Crippen LogP contribution in [-0.4, -0.2) is 36.5 Å². The van der Waals surface area contributed by atoms with Crippen LogP contribution in [-0.2, 0) is 4.79 Å². The van der Waals surface area contributed by atoms with Crippen molar-refractivity contribution in [3.05, 3.63) is 90.3 Å². The quantitative estimate of drug-likeness (QED) is 0.605. The summed E-state index contributed by atoms with van der Waals surface area (Å²) in [4.78, 5) is 31.6. The van der Waals surface area contributed by atoms with Gasteiger partial charge in [0.05, 0.1) is 5.69 Å². The number of ether oxygens (including phenoxy) is 2. The number of fused-ring (bicyclic) bond motifs is 1. The minimum absolute atomic E-state index is 0.0150. The molecule has 1 aromatic heterocycles. The Morgan fingerprint density at radius 1 is 1.18 bits per heavy atom. The van der Waals surface area contributed by atoms with E-state index in [0.717, 1.165) is 11.1 Å². The van der Waals surface area contributed by atoms with E-state index in [2.05, 4.69) is 28.7 Å². The topological polar surface area (TPSA) is 80.8 Å². The van der Waals surface area contributed by atoms with Gasteiger partial charge in [-0.1, -0.05) is 36.6 Å². The molecule has 7 heteroatoms. The van der Waals surface area contributed by atoms with E-state index in [9.17, 15) is 9.59 Å². The molecule has 0 saturated carbocycles. The molecule has 1 aliphatic rings. The highest BCUT2D eigenvalue weighted by molar-refractivity contribution is 6.03. The zero-order valence-electron chi connectivity index (χ0n) is 18.9. The second-order valence-electron chi connectivity index (χ2n) is 7.74. The van der Waals surface area contributed by atoms with E-state index in [1.54, 1.807) is 25.2 Å². The number of amides is 2. The zero-order valence-corrected chi connectivity index (χ0v) is 18.9. The summed E-state index contributed by atoms with van der Waals surface area (Å²) < 4.78 is 11.6. The van der Waals surface area contributed by atoms with Gasteiger partial charge in [-0.15, -0.1) is 0 Å².